The van der Waals surface area contributed by atoms with Gasteiger partial charge in [0.2, 0.25) is 0 Å². The molecule has 1 fully saturated rings. The molecule has 1 aromatic rings. The van der Waals surface area contributed by atoms with Crippen molar-refractivity contribution in [2.75, 3.05) is 38.6 Å². The van der Waals surface area contributed by atoms with Gasteiger partial charge in [0, 0.05) is 31.9 Å². The number of anilines is 1. The van der Waals surface area contributed by atoms with Gasteiger partial charge >= 0.3 is 0 Å². The van der Waals surface area contributed by atoms with Crippen LogP contribution in [0.3, 0.4) is 0 Å². The Bertz CT molecular complexity index is 432. The van der Waals surface area contributed by atoms with Crippen molar-refractivity contribution in [3.8, 4) is 0 Å². The van der Waals surface area contributed by atoms with Gasteiger partial charge in [-0.05, 0) is 51.5 Å². The molecule has 2 rings (SSSR count). The second-order valence-electron chi connectivity index (χ2n) is 5.75. The number of hydrogen-bond donors (Lipinski definition) is 1. The predicted molar refractivity (Wildman–Crippen MR) is 85.3 cm³/mol. The van der Waals surface area contributed by atoms with E-state index >= 15 is 0 Å². The molecule has 0 aromatic carbocycles. The van der Waals surface area contributed by atoms with Gasteiger partial charge in [0.05, 0.1) is 0 Å². The van der Waals surface area contributed by atoms with Crippen LogP contribution in [-0.2, 0) is 6.54 Å². The van der Waals surface area contributed by atoms with Gasteiger partial charge < -0.3 is 10.2 Å². The van der Waals surface area contributed by atoms with Gasteiger partial charge in [0.25, 0.3) is 0 Å². The topological polar surface area (TPSA) is 31.4 Å². The van der Waals surface area contributed by atoms with Crippen LogP contribution in [0, 0.1) is 6.92 Å². The molecule has 0 saturated carbocycles. The van der Waals surface area contributed by atoms with E-state index in [-0.39, 0.29) is 0 Å². The Kier molecular flexibility index (Phi) is 5.38. The first-order chi connectivity index (χ1) is 9.65. The van der Waals surface area contributed by atoms with Crippen LogP contribution in [0.2, 0.25) is 0 Å². The predicted octanol–water partition coefficient (Wildman–Crippen LogP) is 2.03. The zero-order chi connectivity index (χ0) is 14.5. The Hall–Kier alpha value is -1.13. The lowest BCUT2D eigenvalue weighted by atomic mass is 10.2. The highest BCUT2D eigenvalue weighted by molar-refractivity contribution is 5.41. The molecular formula is C16H28N4. The average molecular weight is 276 g/mol. The lowest BCUT2D eigenvalue weighted by Gasteiger charge is -2.28. The third-order valence-corrected chi connectivity index (χ3v) is 4.33. The molecule has 1 unspecified atom stereocenters. The summed E-state index contributed by atoms with van der Waals surface area (Å²) in [6, 6.07) is 5.02. The van der Waals surface area contributed by atoms with Gasteiger partial charge in [-0.3, -0.25) is 4.90 Å². The molecule has 1 saturated heterocycles. The lowest BCUT2D eigenvalue weighted by Crippen LogP contribution is -2.39. The SMILES string of the molecule is CCN1CCCC1CN(C)c1ccc(CNC)c(C)n1. The van der Waals surface area contributed by atoms with Crippen LogP contribution < -0.4 is 10.2 Å². The van der Waals surface area contributed by atoms with Gasteiger partial charge in [-0.2, -0.15) is 0 Å². The number of aryl methyl sites for hydroxylation is 1. The summed E-state index contributed by atoms with van der Waals surface area (Å²) in [4.78, 5) is 9.63. The van der Waals surface area contributed by atoms with E-state index in [0.29, 0.717) is 6.04 Å². The van der Waals surface area contributed by atoms with Crippen LogP contribution in [-0.4, -0.2) is 49.7 Å². The average Bonchev–Trinajstić information content (AvgIpc) is 2.88. The minimum absolute atomic E-state index is 0.684. The van der Waals surface area contributed by atoms with Crippen LogP contribution in [0.25, 0.3) is 0 Å². The molecule has 2 heterocycles. The van der Waals surface area contributed by atoms with E-state index in [2.05, 4.69) is 48.1 Å². The molecule has 0 aliphatic carbocycles. The summed E-state index contributed by atoms with van der Waals surface area (Å²) in [6.45, 7) is 8.72. The summed E-state index contributed by atoms with van der Waals surface area (Å²) in [7, 11) is 4.13. The Morgan fingerprint density at radius 3 is 2.90 bits per heavy atom. The Labute approximate surface area is 123 Å². The summed E-state index contributed by atoms with van der Waals surface area (Å²) in [5.74, 6) is 1.09. The Morgan fingerprint density at radius 1 is 1.45 bits per heavy atom. The summed E-state index contributed by atoms with van der Waals surface area (Å²) < 4.78 is 0. The highest BCUT2D eigenvalue weighted by Crippen LogP contribution is 2.20. The van der Waals surface area contributed by atoms with E-state index in [9.17, 15) is 0 Å². The monoisotopic (exact) mass is 276 g/mol. The van der Waals surface area contributed by atoms with Gasteiger partial charge in [0.15, 0.2) is 0 Å². The zero-order valence-corrected chi connectivity index (χ0v) is 13.3. The van der Waals surface area contributed by atoms with E-state index in [1.807, 2.05) is 7.05 Å². The van der Waals surface area contributed by atoms with Crippen molar-refractivity contribution in [2.24, 2.45) is 0 Å². The maximum Gasteiger partial charge on any atom is 0.128 e. The van der Waals surface area contributed by atoms with E-state index in [4.69, 9.17) is 4.98 Å². The number of pyridine rings is 1. The minimum atomic E-state index is 0.684. The first-order valence-corrected chi connectivity index (χ1v) is 7.72. The highest BCUT2D eigenvalue weighted by Gasteiger charge is 2.24. The molecule has 1 N–H and O–H groups in total. The highest BCUT2D eigenvalue weighted by atomic mass is 15.2. The number of nitrogens with zero attached hydrogens (tertiary/aromatic N) is 3. The molecule has 0 spiro atoms. The molecule has 0 amide bonds. The van der Waals surface area contributed by atoms with Crippen molar-refractivity contribution in [3.63, 3.8) is 0 Å². The zero-order valence-electron chi connectivity index (χ0n) is 13.3. The molecule has 1 aliphatic rings. The van der Waals surface area contributed by atoms with Crippen LogP contribution in [0.1, 0.15) is 31.0 Å². The number of nitrogens with one attached hydrogen (secondary N) is 1. The first kappa shape index (κ1) is 15.3. The van der Waals surface area contributed by atoms with Gasteiger partial charge in [-0.1, -0.05) is 13.0 Å². The fourth-order valence-electron chi connectivity index (χ4n) is 3.09. The van der Waals surface area contributed by atoms with Crippen LogP contribution in [0.5, 0.6) is 0 Å². The van der Waals surface area contributed by atoms with E-state index in [0.717, 1.165) is 31.1 Å². The fraction of sp³-hybridized carbons (Fsp3) is 0.688. The van der Waals surface area contributed by atoms with E-state index in [1.54, 1.807) is 0 Å². The molecular weight excluding hydrogens is 248 g/mol. The van der Waals surface area contributed by atoms with Crippen molar-refractivity contribution >= 4 is 5.82 Å². The minimum Gasteiger partial charge on any atom is -0.358 e. The van der Waals surface area contributed by atoms with Gasteiger partial charge in [-0.15, -0.1) is 0 Å². The largest absolute Gasteiger partial charge is 0.358 e. The van der Waals surface area contributed by atoms with Crippen molar-refractivity contribution < 1.29 is 0 Å². The van der Waals surface area contributed by atoms with Crippen molar-refractivity contribution in [1.29, 1.82) is 0 Å². The quantitative estimate of drug-likeness (QED) is 0.861. The third kappa shape index (κ3) is 3.49. The number of aromatic nitrogens is 1. The van der Waals surface area contributed by atoms with Crippen LogP contribution in [0.15, 0.2) is 12.1 Å². The van der Waals surface area contributed by atoms with Crippen LogP contribution >= 0.6 is 0 Å². The second kappa shape index (κ2) is 7.04. The van der Waals surface area contributed by atoms with Gasteiger partial charge in [0.1, 0.15) is 5.82 Å². The molecule has 1 aromatic heterocycles. The standard InChI is InChI=1S/C16H28N4/c1-5-20-10-6-7-15(20)12-19(4)16-9-8-14(11-17-3)13(2)18-16/h8-9,15,17H,5-7,10-12H2,1-4H3. The molecule has 0 radical (unpaired) electrons. The summed E-state index contributed by atoms with van der Waals surface area (Å²) in [6.07, 6.45) is 2.65. The number of likely N-dealkylation sites (tertiary alicyclic amines) is 1. The normalized spacial score (nSPS) is 19.5. The Balaban J connectivity index is 2.01. The maximum absolute atomic E-state index is 4.75. The maximum atomic E-state index is 4.75. The third-order valence-electron chi connectivity index (χ3n) is 4.33. The van der Waals surface area contributed by atoms with E-state index < -0.39 is 0 Å². The summed E-state index contributed by atoms with van der Waals surface area (Å²) >= 11 is 0. The molecule has 112 valence electrons. The number of likely N-dealkylation sites (N-methyl/N-ethyl adjacent to an activating group) is 2. The molecule has 20 heavy (non-hydrogen) atoms. The number of hydrogen-bond acceptors (Lipinski definition) is 4. The van der Waals surface area contributed by atoms with Crippen molar-refractivity contribution in [2.45, 2.75) is 39.3 Å². The molecule has 4 heteroatoms. The number of rotatable bonds is 6. The van der Waals surface area contributed by atoms with Crippen molar-refractivity contribution in [3.05, 3.63) is 23.4 Å². The fourth-order valence-corrected chi connectivity index (χ4v) is 3.09. The molecule has 0 bridgehead atoms. The summed E-state index contributed by atoms with van der Waals surface area (Å²) in [5.41, 5.74) is 2.41. The molecule has 1 atom stereocenters. The first-order valence-electron chi connectivity index (χ1n) is 7.72. The second-order valence-corrected chi connectivity index (χ2v) is 5.75. The molecule has 4 nitrogen and oxygen atoms in total. The van der Waals surface area contributed by atoms with Crippen molar-refractivity contribution in [1.82, 2.24) is 15.2 Å². The van der Waals surface area contributed by atoms with Gasteiger partial charge in [-0.25, -0.2) is 4.98 Å². The van der Waals surface area contributed by atoms with E-state index in [1.165, 1.54) is 24.9 Å². The smallest absolute Gasteiger partial charge is 0.128 e. The lowest BCUT2D eigenvalue weighted by molar-refractivity contribution is 0.270. The molecule has 1 aliphatic heterocycles. The Morgan fingerprint density at radius 2 is 2.25 bits per heavy atom. The summed E-state index contributed by atoms with van der Waals surface area (Å²) in [5, 5.41) is 3.19. The van der Waals surface area contributed by atoms with Crippen LogP contribution in [0.4, 0.5) is 5.82 Å².